The summed E-state index contributed by atoms with van der Waals surface area (Å²) >= 11 is 0. The molecular weight excluding hydrogens is 212 g/mol. The smallest absolute Gasteiger partial charge is 0.0494 e. The van der Waals surface area contributed by atoms with Gasteiger partial charge < -0.3 is 15.8 Å². The van der Waals surface area contributed by atoms with E-state index in [1.807, 2.05) is 0 Å². The van der Waals surface area contributed by atoms with Crippen LogP contribution in [0.1, 0.15) is 51.4 Å². The highest BCUT2D eigenvalue weighted by atomic mass is 16.5. The molecule has 1 aliphatic carbocycles. The van der Waals surface area contributed by atoms with Crippen LogP contribution in [0.4, 0.5) is 0 Å². The first-order chi connectivity index (χ1) is 8.34. The molecule has 0 bridgehead atoms. The van der Waals surface area contributed by atoms with Gasteiger partial charge in [0.2, 0.25) is 0 Å². The van der Waals surface area contributed by atoms with Crippen molar-refractivity contribution in [1.82, 2.24) is 5.32 Å². The normalized spacial score (nSPS) is 34.8. The molecule has 2 fully saturated rings. The second-order valence-electron chi connectivity index (χ2n) is 5.79. The quantitative estimate of drug-likeness (QED) is 0.723. The monoisotopic (exact) mass is 240 g/mol. The molecule has 1 atom stereocenters. The number of ether oxygens (including phenoxy) is 1. The van der Waals surface area contributed by atoms with Crippen LogP contribution in [0.5, 0.6) is 0 Å². The fourth-order valence-corrected chi connectivity index (χ4v) is 3.00. The van der Waals surface area contributed by atoms with Crippen molar-refractivity contribution in [3.05, 3.63) is 0 Å². The van der Waals surface area contributed by atoms with Gasteiger partial charge in [-0.2, -0.15) is 0 Å². The van der Waals surface area contributed by atoms with Gasteiger partial charge in [-0.1, -0.05) is 6.42 Å². The van der Waals surface area contributed by atoms with Crippen molar-refractivity contribution in [1.29, 1.82) is 0 Å². The highest BCUT2D eigenvalue weighted by Gasteiger charge is 2.18. The molecule has 1 unspecified atom stereocenters. The van der Waals surface area contributed by atoms with Crippen molar-refractivity contribution < 1.29 is 4.74 Å². The van der Waals surface area contributed by atoms with Crippen molar-refractivity contribution in [2.24, 2.45) is 11.7 Å². The molecule has 1 saturated heterocycles. The number of nitrogens with one attached hydrogen (secondary N) is 1. The summed E-state index contributed by atoms with van der Waals surface area (Å²) < 4.78 is 5.83. The molecular formula is C14H28N2O. The van der Waals surface area contributed by atoms with Crippen molar-refractivity contribution in [3.8, 4) is 0 Å². The van der Waals surface area contributed by atoms with Crippen LogP contribution in [-0.4, -0.2) is 31.8 Å². The van der Waals surface area contributed by atoms with Crippen molar-refractivity contribution >= 4 is 0 Å². The molecule has 2 aliphatic rings. The minimum Gasteiger partial charge on any atom is -0.381 e. The first-order valence-electron chi connectivity index (χ1n) is 7.41. The Morgan fingerprint density at radius 2 is 1.88 bits per heavy atom. The van der Waals surface area contributed by atoms with Gasteiger partial charge in [-0.25, -0.2) is 0 Å². The highest BCUT2D eigenvalue weighted by molar-refractivity contribution is 4.74. The zero-order valence-electron chi connectivity index (χ0n) is 11.0. The van der Waals surface area contributed by atoms with Gasteiger partial charge in [0, 0.05) is 25.3 Å². The predicted octanol–water partition coefficient (Wildman–Crippen LogP) is 2.05. The number of hydrogen-bond donors (Lipinski definition) is 2. The summed E-state index contributed by atoms with van der Waals surface area (Å²) in [5.41, 5.74) is 5.90. The summed E-state index contributed by atoms with van der Waals surface area (Å²) in [6.07, 6.45) is 10.2. The van der Waals surface area contributed by atoms with E-state index in [0.29, 0.717) is 12.1 Å². The van der Waals surface area contributed by atoms with Gasteiger partial charge in [-0.15, -0.1) is 0 Å². The van der Waals surface area contributed by atoms with Gasteiger partial charge in [0.25, 0.3) is 0 Å². The van der Waals surface area contributed by atoms with Crippen molar-refractivity contribution in [2.45, 2.75) is 63.5 Å². The Kier molecular flexibility index (Phi) is 5.75. The van der Waals surface area contributed by atoms with Crippen molar-refractivity contribution in [2.75, 3.05) is 19.8 Å². The summed E-state index contributed by atoms with van der Waals surface area (Å²) in [5.74, 6) is 0.772. The van der Waals surface area contributed by atoms with Gasteiger partial charge in [0.1, 0.15) is 0 Å². The molecule has 3 nitrogen and oxygen atoms in total. The largest absolute Gasteiger partial charge is 0.381 e. The SMILES string of the molecule is NC1CCC(COCCC2CCCCN2)CC1. The Bertz CT molecular complexity index is 196. The summed E-state index contributed by atoms with van der Waals surface area (Å²) in [6.45, 7) is 3.09. The van der Waals surface area contributed by atoms with Crippen LogP contribution < -0.4 is 11.1 Å². The molecule has 1 aliphatic heterocycles. The molecule has 0 radical (unpaired) electrons. The Balaban J connectivity index is 1.48. The van der Waals surface area contributed by atoms with Crippen LogP contribution in [0.25, 0.3) is 0 Å². The van der Waals surface area contributed by atoms with E-state index in [4.69, 9.17) is 10.5 Å². The lowest BCUT2D eigenvalue weighted by Crippen LogP contribution is -2.35. The highest BCUT2D eigenvalue weighted by Crippen LogP contribution is 2.23. The van der Waals surface area contributed by atoms with Crippen LogP contribution in [0.3, 0.4) is 0 Å². The molecule has 2 rings (SSSR count). The number of piperidine rings is 1. The fourth-order valence-electron chi connectivity index (χ4n) is 3.00. The van der Waals surface area contributed by atoms with Gasteiger partial charge in [0.15, 0.2) is 0 Å². The molecule has 100 valence electrons. The first-order valence-corrected chi connectivity index (χ1v) is 7.41. The summed E-state index contributed by atoms with van der Waals surface area (Å²) in [5, 5.41) is 3.57. The second-order valence-corrected chi connectivity index (χ2v) is 5.79. The Labute approximate surface area is 105 Å². The summed E-state index contributed by atoms with van der Waals surface area (Å²) in [7, 11) is 0. The average molecular weight is 240 g/mol. The van der Waals surface area contributed by atoms with E-state index in [1.165, 1.54) is 57.9 Å². The van der Waals surface area contributed by atoms with Crippen LogP contribution in [0.15, 0.2) is 0 Å². The van der Waals surface area contributed by atoms with E-state index < -0.39 is 0 Å². The molecule has 1 heterocycles. The lowest BCUT2D eigenvalue weighted by Gasteiger charge is -2.26. The zero-order chi connectivity index (χ0) is 11.9. The van der Waals surface area contributed by atoms with E-state index in [2.05, 4.69) is 5.32 Å². The second kappa shape index (κ2) is 7.34. The molecule has 3 N–H and O–H groups in total. The third kappa shape index (κ3) is 4.94. The minimum atomic E-state index is 0.456. The molecule has 1 saturated carbocycles. The van der Waals surface area contributed by atoms with E-state index in [1.54, 1.807) is 0 Å². The molecule has 3 heteroatoms. The summed E-state index contributed by atoms with van der Waals surface area (Å²) in [6, 6.07) is 1.17. The molecule has 0 aromatic rings. The number of nitrogens with two attached hydrogens (primary N) is 1. The van der Waals surface area contributed by atoms with Gasteiger partial charge in [0.05, 0.1) is 0 Å². The van der Waals surface area contributed by atoms with E-state index >= 15 is 0 Å². The summed E-state index contributed by atoms with van der Waals surface area (Å²) in [4.78, 5) is 0. The average Bonchev–Trinajstić information content (AvgIpc) is 2.38. The van der Waals surface area contributed by atoms with Gasteiger partial charge >= 0.3 is 0 Å². The van der Waals surface area contributed by atoms with Gasteiger partial charge in [-0.05, 0) is 57.4 Å². The lowest BCUT2D eigenvalue weighted by atomic mass is 9.87. The van der Waals surface area contributed by atoms with Crippen LogP contribution in [-0.2, 0) is 4.74 Å². The fraction of sp³-hybridized carbons (Fsp3) is 1.00. The van der Waals surface area contributed by atoms with E-state index in [0.717, 1.165) is 19.1 Å². The maximum Gasteiger partial charge on any atom is 0.0494 e. The Morgan fingerprint density at radius 3 is 2.59 bits per heavy atom. The lowest BCUT2D eigenvalue weighted by molar-refractivity contribution is 0.0750. The van der Waals surface area contributed by atoms with E-state index in [-0.39, 0.29) is 0 Å². The van der Waals surface area contributed by atoms with E-state index in [9.17, 15) is 0 Å². The Morgan fingerprint density at radius 1 is 1.06 bits per heavy atom. The number of hydrogen-bond acceptors (Lipinski definition) is 3. The third-order valence-electron chi connectivity index (χ3n) is 4.27. The molecule has 0 spiro atoms. The minimum absolute atomic E-state index is 0.456. The maximum absolute atomic E-state index is 5.90. The zero-order valence-corrected chi connectivity index (χ0v) is 11.0. The van der Waals surface area contributed by atoms with Crippen LogP contribution in [0, 0.1) is 5.92 Å². The molecule has 17 heavy (non-hydrogen) atoms. The molecule has 0 aromatic heterocycles. The van der Waals surface area contributed by atoms with Crippen LogP contribution >= 0.6 is 0 Å². The molecule has 0 aromatic carbocycles. The number of rotatable bonds is 5. The van der Waals surface area contributed by atoms with Gasteiger partial charge in [-0.3, -0.25) is 0 Å². The topological polar surface area (TPSA) is 47.3 Å². The van der Waals surface area contributed by atoms with Crippen LogP contribution in [0.2, 0.25) is 0 Å². The predicted molar refractivity (Wildman–Crippen MR) is 71.0 cm³/mol. The maximum atomic E-state index is 5.90. The van der Waals surface area contributed by atoms with Crippen molar-refractivity contribution in [3.63, 3.8) is 0 Å². The Hall–Kier alpha value is -0.120. The third-order valence-corrected chi connectivity index (χ3v) is 4.27. The standard InChI is InChI=1S/C14H28N2O/c15-13-6-4-12(5-7-13)11-17-10-8-14-3-1-2-9-16-14/h12-14,16H,1-11,15H2. The first kappa shape index (κ1) is 13.3. The molecule has 0 amide bonds.